The average Bonchev–Trinajstić information content (AvgIpc) is 2.95. The van der Waals surface area contributed by atoms with E-state index in [9.17, 15) is 9.59 Å². The van der Waals surface area contributed by atoms with Crippen LogP contribution in [0.2, 0.25) is 0 Å². The number of para-hydroxylation sites is 1. The van der Waals surface area contributed by atoms with Gasteiger partial charge in [0.15, 0.2) is 0 Å². The fraction of sp³-hybridized carbons (Fsp3) is 0.333. The smallest absolute Gasteiger partial charge is 0.323 e. The van der Waals surface area contributed by atoms with E-state index in [-0.39, 0.29) is 18.3 Å². The Hall–Kier alpha value is -2.70. The second-order valence-electron chi connectivity index (χ2n) is 5.32. The zero-order chi connectivity index (χ0) is 16.1. The van der Waals surface area contributed by atoms with E-state index in [1.54, 1.807) is 0 Å². The highest BCUT2D eigenvalue weighted by atomic mass is 16.4. The van der Waals surface area contributed by atoms with Gasteiger partial charge in [-0.25, -0.2) is 9.67 Å². The molecule has 0 atom stereocenters. The minimum absolute atomic E-state index is 0.00856. The van der Waals surface area contributed by atoms with Crippen LogP contribution in [0, 0.1) is 5.92 Å². The fourth-order valence-corrected chi connectivity index (χ4v) is 2.03. The average molecular weight is 302 g/mol. The number of rotatable bonds is 6. The molecule has 2 aromatic rings. The van der Waals surface area contributed by atoms with Gasteiger partial charge in [0, 0.05) is 6.54 Å². The molecule has 0 radical (unpaired) electrons. The molecule has 1 amide bonds. The van der Waals surface area contributed by atoms with Gasteiger partial charge in [-0.2, -0.15) is 0 Å². The van der Waals surface area contributed by atoms with Crippen molar-refractivity contribution in [3.8, 4) is 5.69 Å². The second kappa shape index (κ2) is 6.84. The van der Waals surface area contributed by atoms with Gasteiger partial charge >= 0.3 is 5.97 Å². The molecule has 1 aromatic heterocycles. The Labute approximate surface area is 128 Å². The van der Waals surface area contributed by atoms with Crippen LogP contribution in [-0.2, 0) is 4.79 Å². The molecule has 0 saturated heterocycles. The predicted molar refractivity (Wildman–Crippen MR) is 79.7 cm³/mol. The highest BCUT2D eigenvalue weighted by molar-refractivity contribution is 5.92. The summed E-state index contributed by atoms with van der Waals surface area (Å²) in [7, 11) is 0. The van der Waals surface area contributed by atoms with E-state index in [1.165, 1.54) is 15.9 Å². The van der Waals surface area contributed by atoms with Crippen molar-refractivity contribution in [1.29, 1.82) is 0 Å². The van der Waals surface area contributed by atoms with Gasteiger partial charge < -0.3 is 10.0 Å². The van der Waals surface area contributed by atoms with Gasteiger partial charge in [-0.3, -0.25) is 9.59 Å². The summed E-state index contributed by atoms with van der Waals surface area (Å²) in [6.07, 6.45) is 1.44. The van der Waals surface area contributed by atoms with E-state index in [1.807, 2.05) is 44.2 Å². The summed E-state index contributed by atoms with van der Waals surface area (Å²) in [4.78, 5) is 28.5. The molecule has 1 heterocycles. The molecular formula is C15H18N4O3. The van der Waals surface area contributed by atoms with Crippen molar-refractivity contribution in [3.05, 3.63) is 42.5 Å². The minimum atomic E-state index is -1.06. The van der Waals surface area contributed by atoms with Crippen LogP contribution in [-0.4, -0.2) is 49.7 Å². The topological polar surface area (TPSA) is 88.3 Å². The highest BCUT2D eigenvalue weighted by Gasteiger charge is 2.23. The zero-order valence-electron chi connectivity index (χ0n) is 12.5. The maximum Gasteiger partial charge on any atom is 0.323 e. The number of amides is 1. The molecule has 0 spiro atoms. The van der Waals surface area contributed by atoms with Gasteiger partial charge in [-0.1, -0.05) is 32.0 Å². The molecule has 7 heteroatoms. The van der Waals surface area contributed by atoms with Gasteiger partial charge in [-0.05, 0) is 18.1 Å². The van der Waals surface area contributed by atoms with Gasteiger partial charge in [-0.15, -0.1) is 5.10 Å². The number of carbonyl (C=O) groups is 2. The Morgan fingerprint density at radius 2 is 1.95 bits per heavy atom. The van der Waals surface area contributed by atoms with E-state index in [0.717, 1.165) is 5.69 Å². The molecule has 1 aromatic carbocycles. The minimum Gasteiger partial charge on any atom is -0.480 e. The van der Waals surface area contributed by atoms with Crippen molar-refractivity contribution in [3.63, 3.8) is 0 Å². The van der Waals surface area contributed by atoms with Crippen molar-refractivity contribution in [2.75, 3.05) is 13.1 Å². The van der Waals surface area contributed by atoms with Crippen molar-refractivity contribution in [2.24, 2.45) is 5.92 Å². The largest absolute Gasteiger partial charge is 0.480 e. The molecule has 7 nitrogen and oxygen atoms in total. The van der Waals surface area contributed by atoms with Crippen molar-refractivity contribution in [2.45, 2.75) is 13.8 Å². The number of benzene rings is 1. The molecule has 0 saturated carbocycles. The molecule has 0 fully saturated rings. The van der Waals surface area contributed by atoms with Crippen molar-refractivity contribution >= 4 is 11.9 Å². The molecule has 0 unspecified atom stereocenters. The molecule has 0 aliphatic heterocycles. The monoisotopic (exact) mass is 302 g/mol. The van der Waals surface area contributed by atoms with Crippen molar-refractivity contribution in [1.82, 2.24) is 19.7 Å². The fourth-order valence-electron chi connectivity index (χ4n) is 2.03. The van der Waals surface area contributed by atoms with Crippen LogP contribution in [0.1, 0.15) is 24.5 Å². The van der Waals surface area contributed by atoms with Crippen LogP contribution >= 0.6 is 0 Å². The first-order valence-electron chi connectivity index (χ1n) is 6.95. The Balaban J connectivity index is 2.20. The lowest BCUT2D eigenvalue weighted by Gasteiger charge is -2.21. The first-order valence-corrected chi connectivity index (χ1v) is 6.95. The second-order valence-corrected chi connectivity index (χ2v) is 5.32. The van der Waals surface area contributed by atoms with Gasteiger partial charge in [0.2, 0.25) is 5.82 Å². The summed E-state index contributed by atoms with van der Waals surface area (Å²) < 4.78 is 1.49. The first-order chi connectivity index (χ1) is 10.5. The molecule has 116 valence electrons. The SMILES string of the molecule is CC(C)CN(CC(=O)O)C(=O)c1ncn(-c2ccccc2)n1. The third-order valence-electron chi connectivity index (χ3n) is 2.90. The summed E-state index contributed by atoms with van der Waals surface area (Å²) in [5.74, 6) is -1.40. The first kappa shape index (κ1) is 15.7. The number of hydrogen-bond acceptors (Lipinski definition) is 4. The third-order valence-corrected chi connectivity index (χ3v) is 2.90. The summed E-state index contributed by atoms with van der Waals surface area (Å²) in [6.45, 7) is 3.80. The molecule has 0 aliphatic rings. The Kier molecular flexibility index (Phi) is 4.88. The lowest BCUT2D eigenvalue weighted by molar-refractivity contribution is -0.137. The lowest BCUT2D eigenvalue weighted by atomic mass is 10.2. The lowest BCUT2D eigenvalue weighted by Crippen LogP contribution is -2.38. The van der Waals surface area contributed by atoms with E-state index in [4.69, 9.17) is 5.11 Å². The summed E-state index contributed by atoms with van der Waals surface area (Å²) in [6, 6.07) is 9.27. The standard InChI is InChI=1S/C15H18N4O3/c1-11(2)8-18(9-13(20)21)15(22)14-16-10-19(17-14)12-6-4-3-5-7-12/h3-7,10-11H,8-9H2,1-2H3,(H,20,21). The van der Waals surface area contributed by atoms with Crippen LogP contribution < -0.4 is 0 Å². The van der Waals surface area contributed by atoms with E-state index >= 15 is 0 Å². The van der Waals surface area contributed by atoms with E-state index in [2.05, 4.69) is 10.1 Å². The van der Waals surface area contributed by atoms with Gasteiger partial charge in [0.1, 0.15) is 12.9 Å². The Bertz CT molecular complexity index is 652. The van der Waals surface area contributed by atoms with E-state index in [0.29, 0.717) is 6.54 Å². The third kappa shape index (κ3) is 3.91. The van der Waals surface area contributed by atoms with Crippen LogP contribution in [0.25, 0.3) is 5.69 Å². The molecule has 22 heavy (non-hydrogen) atoms. The molecule has 2 rings (SSSR count). The van der Waals surface area contributed by atoms with Crippen molar-refractivity contribution < 1.29 is 14.7 Å². The van der Waals surface area contributed by atoms with Gasteiger partial charge in [0.25, 0.3) is 5.91 Å². The highest BCUT2D eigenvalue weighted by Crippen LogP contribution is 2.08. The van der Waals surface area contributed by atoms with Crippen LogP contribution in [0.5, 0.6) is 0 Å². The Morgan fingerprint density at radius 3 is 2.55 bits per heavy atom. The zero-order valence-corrected chi connectivity index (χ0v) is 12.5. The van der Waals surface area contributed by atoms with Crippen LogP contribution in [0.3, 0.4) is 0 Å². The molecule has 0 bridgehead atoms. The van der Waals surface area contributed by atoms with E-state index < -0.39 is 11.9 Å². The molecule has 0 aliphatic carbocycles. The number of aliphatic carboxylic acids is 1. The quantitative estimate of drug-likeness (QED) is 0.872. The number of carbonyl (C=O) groups excluding carboxylic acids is 1. The normalized spacial score (nSPS) is 10.7. The summed E-state index contributed by atoms with van der Waals surface area (Å²) >= 11 is 0. The predicted octanol–water partition coefficient (Wildman–Crippen LogP) is 1.45. The number of carboxylic acid groups (broad SMARTS) is 1. The van der Waals surface area contributed by atoms with Gasteiger partial charge in [0.05, 0.1) is 5.69 Å². The molecule has 1 N–H and O–H groups in total. The maximum atomic E-state index is 12.4. The number of carboxylic acids is 1. The van der Waals surface area contributed by atoms with Crippen LogP contribution in [0.15, 0.2) is 36.7 Å². The number of aromatic nitrogens is 3. The number of nitrogens with zero attached hydrogens (tertiary/aromatic N) is 4. The molecular weight excluding hydrogens is 284 g/mol. The number of hydrogen-bond donors (Lipinski definition) is 1. The van der Waals surface area contributed by atoms with Crippen LogP contribution in [0.4, 0.5) is 0 Å². The Morgan fingerprint density at radius 1 is 1.27 bits per heavy atom. The summed E-state index contributed by atoms with van der Waals surface area (Å²) in [5.41, 5.74) is 0.780. The summed E-state index contributed by atoms with van der Waals surface area (Å²) in [5, 5.41) is 13.1. The maximum absolute atomic E-state index is 12.4.